The number of benzene rings is 12. The van der Waals surface area contributed by atoms with Crippen LogP contribution in [0.5, 0.6) is 0 Å². The second kappa shape index (κ2) is 16.7. The average Bonchev–Trinajstić information content (AvgIpc) is 4.00. The van der Waals surface area contributed by atoms with Crippen molar-refractivity contribution in [2.75, 3.05) is 4.90 Å². The van der Waals surface area contributed by atoms with Crippen LogP contribution < -0.4 is 4.90 Å². The minimum absolute atomic E-state index is 0.884. The monoisotopic (exact) mass is 904 g/mol. The summed E-state index contributed by atoms with van der Waals surface area (Å²) in [6.45, 7) is 0. The van der Waals surface area contributed by atoms with Crippen LogP contribution in [0.3, 0.4) is 0 Å². The van der Waals surface area contributed by atoms with Gasteiger partial charge in [-0.25, -0.2) is 0 Å². The van der Waals surface area contributed by atoms with Crippen LogP contribution in [0.4, 0.5) is 17.1 Å². The predicted molar refractivity (Wildman–Crippen MR) is 299 cm³/mol. The maximum absolute atomic E-state index is 6.64. The average molecular weight is 905 g/mol. The van der Waals surface area contributed by atoms with E-state index in [4.69, 9.17) is 4.42 Å². The highest BCUT2D eigenvalue weighted by molar-refractivity contribution is 6.19. The Hall–Kier alpha value is -9.44. The van der Waals surface area contributed by atoms with Gasteiger partial charge in [0.15, 0.2) is 0 Å². The molecule has 0 aliphatic rings. The van der Waals surface area contributed by atoms with Gasteiger partial charge in [-0.15, -0.1) is 0 Å². The van der Waals surface area contributed by atoms with Crippen LogP contribution in [0.15, 0.2) is 271 Å². The van der Waals surface area contributed by atoms with Crippen LogP contribution in [0, 0.1) is 0 Å². The topological polar surface area (TPSA) is 21.3 Å². The molecule has 0 amide bonds. The van der Waals surface area contributed by atoms with Gasteiger partial charge in [-0.1, -0.05) is 194 Å². The van der Waals surface area contributed by atoms with Crippen LogP contribution in [-0.2, 0) is 0 Å². The molecule has 2 heterocycles. The second-order valence-corrected chi connectivity index (χ2v) is 18.4. The predicted octanol–water partition coefficient (Wildman–Crippen LogP) is 19.1. The van der Waals surface area contributed by atoms with Crippen molar-refractivity contribution in [3.63, 3.8) is 0 Å². The Morgan fingerprint density at radius 2 is 0.817 bits per heavy atom. The SMILES string of the molecule is c1cc(-c2cccc3oc4c5ccccc5ccc4c23)cc(N(c2ccc(-c3ccc(-c4cccc5ccccc45)cc3)cc2)c2ccc(-c3cccc(-n4c5ccccc5c5ccccc54)c3)cc2)c1. The molecule has 0 aliphatic carbocycles. The van der Waals surface area contributed by atoms with E-state index in [1.807, 2.05) is 0 Å². The molecule has 0 N–H and O–H groups in total. The fourth-order valence-corrected chi connectivity index (χ4v) is 11.0. The Labute approximate surface area is 411 Å². The molecular formula is C68H44N2O. The number of hydrogen-bond donors (Lipinski definition) is 0. The number of para-hydroxylation sites is 2. The van der Waals surface area contributed by atoms with Crippen molar-refractivity contribution >= 4 is 82.4 Å². The van der Waals surface area contributed by atoms with Gasteiger partial charge >= 0.3 is 0 Å². The summed E-state index contributed by atoms with van der Waals surface area (Å²) in [6.07, 6.45) is 0. The first-order valence-electron chi connectivity index (χ1n) is 24.3. The maximum Gasteiger partial charge on any atom is 0.143 e. The van der Waals surface area contributed by atoms with Crippen molar-refractivity contribution in [1.29, 1.82) is 0 Å². The lowest BCUT2D eigenvalue weighted by atomic mass is 9.96. The number of hydrogen-bond acceptors (Lipinski definition) is 2. The molecule has 0 spiro atoms. The molecule has 0 radical (unpaired) electrons. The molecule has 12 aromatic carbocycles. The normalized spacial score (nSPS) is 11.7. The molecule has 0 saturated carbocycles. The third-order valence-corrected chi connectivity index (χ3v) is 14.4. The Morgan fingerprint density at radius 1 is 0.296 bits per heavy atom. The van der Waals surface area contributed by atoms with E-state index in [0.29, 0.717) is 0 Å². The first-order chi connectivity index (χ1) is 35.2. The first-order valence-corrected chi connectivity index (χ1v) is 24.3. The molecule has 14 aromatic rings. The lowest BCUT2D eigenvalue weighted by Crippen LogP contribution is -2.10. The standard InChI is InChI=1S/C68H44N2O/c1-3-20-57-48(13-1)15-11-24-58(57)50-31-29-45(30-32-50)46-33-38-53(39-34-46)69(55-18-10-17-52(44-55)59-25-12-28-66-67(59)63-42-37-49-14-2-4-21-60(49)68(63)71-66)54-40-35-47(36-41-54)51-16-9-19-56(43-51)70-64-26-7-5-22-61(64)62-23-6-8-27-65(62)70/h1-44H. The number of fused-ring (bicyclic) bond motifs is 9. The zero-order valence-corrected chi connectivity index (χ0v) is 38.7. The Bertz CT molecular complexity index is 4270. The van der Waals surface area contributed by atoms with Gasteiger partial charge < -0.3 is 13.9 Å². The van der Waals surface area contributed by atoms with E-state index in [1.165, 1.54) is 54.7 Å². The summed E-state index contributed by atoms with van der Waals surface area (Å²) in [5.41, 5.74) is 17.9. The van der Waals surface area contributed by atoms with Crippen molar-refractivity contribution in [1.82, 2.24) is 4.57 Å². The van der Waals surface area contributed by atoms with Crippen molar-refractivity contribution in [3.05, 3.63) is 267 Å². The largest absolute Gasteiger partial charge is 0.455 e. The summed E-state index contributed by atoms with van der Waals surface area (Å²) in [5, 5.41) is 9.57. The van der Waals surface area contributed by atoms with E-state index in [1.54, 1.807) is 0 Å². The van der Waals surface area contributed by atoms with E-state index in [0.717, 1.165) is 77.9 Å². The molecule has 332 valence electrons. The van der Waals surface area contributed by atoms with Gasteiger partial charge in [0.2, 0.25) is 0 Å². The minimum Gasteiger partial charge on any atom is -0.455 e. The first kappa shape index (κ1) is 40.6. The highest BCUT2D eigenvalue weighted by Gasteiger charge is 2.19. The van der Waals surface area contributed by atoms with E-state index in [2.05, 4.69) is 276 Å². The van der Waals surface area contributed by atoms with E-state index >= 15 is 0 Å². The summed E-state index contributed by atoms with van der Waals surface area (Å²) in [6, 6.07) is 96.6. The smallest absolute Gasteiger partial charge is 0.143 e. The molecule has 0 aliphatic heterocycles. The van der Waals surface area contributed by atoms with Crippen LogP contribution in [0.1, 0.15) is 0 Å². The second-order valence-electron chi connectivity index (χ2n) is 18.4. The van der Waals surface area contributed by atoms with Crippen molar-refractivity contribution in [2.45, 2.75) is 0 Å². The van der Waals surface area contributed by atoms with E-state index in [9.17, 15) is 0 Å². The molecule has 14 rings (SSSR count). The quantitative estimate of drug-likeness (QED) is 0.151. The van der Waals surface area contributed by atoms with Crippen molar-refractivity contribution in [2.24, 2.45) is 0 Å². The highest BCUT2D eigenvalue weighted by atomic mass is 16.3. The molecule has 0 fully saturated rings. The highest BCUT2D eigenvalue weighted by Crippen LogP contribution is 2.43. The summed E-state index contributed by atoms with van der Waals surface area (Å²) in [4.78, 5) is 2.37. The van der Waals surface area contributed by atoms with Crippen LogP contribution >= 0.6 is 0 Å². The fourth-order valence-electron chi connectivity index (χ4n) is 11.0. The summed E-state index contributed by atoms with van der Waals surface area (Å²) < 4.78 is 9.02. The third-order valence-electron chi connectivity index (χ3n) is 14.4. The van der Waals surface area contributed by atoms with Crippen molar-refractivity contribution < 1.29 is 4.42 Å². The summed E-state index contributed by atoms with van der Waals surface area (Å²) >= 11 is 0. The summed E-state index contributed by atoms with van der Waals surface area (Å²) in [5.74, 6) is 0. The molecular weight excluding hydrogens is 861 g/mol. The third kappa shape index (κ3) is 6.89. The van der Waals surface area contributed by atoms with Gasteiger partial charge in [-0.3, -0.25) is 0 Å². The molecule has 71 heavy (non-hydrogen) atoms. The van der Waals surface area contributed by atoms with Gasteiger partial charge in [0.25, 0.3) is 0 Å². The number of anilines is 3. The van der Waals surface area contributed by atoms with Crippen molar-refractivity contribution in [3.8, 4) is 50.2 Å². The van der Waals surface area contributed by atoms with E-state index < -0.39 is 0 Å². The molecule has 3 nitrogen and oxygen atoms in total. The minimum atomic E-state index is 0.884. The molecule has 0 bridgehead atoms. The Kier molecular flexibility index (Phi) is 9.53. The van der Waals surface area contributed by atoms with Crippen LogP contribution in [-0.4, -0.2) is 4.57 Å². The Balaban J connectivity index is 0.855. The van der Waals surface area contributed by atoms with Gasteiger partial charge in [0.1, 0.15) is 11.2 Å². The zero-order valence-electron chi connectivity index (χ0n) is 38.7. The van der Waals surface area contributed by atoms with Gasteiger partial charge in [0.05, 0.1) is 11.0 Å². The van der Waals surface area contributed by atoms with Gasteiger partial charge in [0, 0.05) is 49.7 Å². The molecule has 3 heteroatoms. The lowest BCUT2D eigenvalue weighted by molar-refractivity contribution is 0.673. The zero-order chi connectivity index (χ0) is 46.8. The van der Waals surface area contributed by atoms with Crippen LogP contribution in [0.2, 0.25) is 0 Å². The number of nitrogens with zero attached hydrogens (tertiary/aromatic N) is 2. The molecule has 0 unspecified atom stereocenters. The van der Waals surface area contributed by atoms with E-state index in [-0.39, 0.29) is 0 Å². The molecule has 2 aromatic heterocycles. The molecule has 0 saturated heterocycles. The maximum atomic E-state index is 6.64. The lowest BCUT2D eigenvalue weighted by Gasteiger charge is -2.26. The van der Waals surface area contributed by atoms with Gasteiger partial charge in [-0.05, 0) is 133 Å². The fraction of sp³-hybridized carbons (Fsp3) is 0. The Morgan fingerprint density at radius 3 is 1.54 bits per heavy atom. The number of furan rings is 1. The number of aromatic nitrogens is 1. The van der Waals surface area contributed by atoms with Crippen LogP contribution in [0.25, 0.3) is 115 Å². The summed E-state index contributed by atoms with van der Waals surface area (Å²) in [7, 11) is 0. The van der Waals surface area contributed by atoms with Gasteiger partial charge in [-0.2, -0.15) is 0 Å². The molecule has 0 atom stereocenters. The number of rotatable bonds is 8.